The summed E-state index contributed by atoms with van der Waals surface area (Å²) < 4.78 is 9.58. The van der Waals surface area contributed by atoms with E-state index in [0.29, 0.717) is 0 Å². The molecule has 0 bridgehead atoms. The van der Waals surface area contributed by atoms with Crippen LogP contribution in [-0.4, -0.2) is 18.3 Å². The van der Waals surface area contributed by atoms with Gasteiger partial charge in [0.25, 0.3) is 0 Å². The second-order valence-corrected chi connectivity index (χ2v) is 29.8. The summed E-state index contributed by atoms with van der Waals surface area (Å²) in [6.45, 7) is 0. The zero-order chi connectivity index (χ0) is 73.5. The van der Waals surface area contributed by atoms with E-state index >= 15 is 0 Å². The third kappa shape index (κ3) is 9.95. The molecule has 0 fully saturated rings. The Hall–Kier alpha value is -14.8. The third-order valence-electron chi connectivity index (χ3n) is 23.8. The molecule has 520 valence electrons. The summed E-state index contributed by atoms with van der Waals surface area (Å²) in [7, 11) is 0. The van der Waals surface area contributed by atoms with E-state index in [-0.39, 0.29) is 0 Å². The zero-order valence-electron chi connectivity index (χ0n) is 61.0. The molecular formula is C108H68N4. The Bertz CT molecular complexity index is 7850. The Labute approximate surface area is 645 Å². The first kappa shape index (κ1) is 63.3. The Kier molecular flexibility index (Phi) is 14.3. The van der Waals surface area contributed by atoms with Gasteiger partial charge >= 0.3 is 0 Å². The van der Waals surface area contributed by atoms with Gasteiger partial charge in [-0.25, -0.2) is 0 Å². The van der Waals surface area contributed by atoms with Gasteiger partial charge in [0.1, 0.15) is 0 Å². The van der Waals surface area contributed by atoms with Crippen molar-refractivity contribution in [2.24, 2.45) is 0 Å². The van der Waals surface area contributed by atoms with Crippen molar-refractivity contribution < 1.29 is 0 Å². The van der Waals surface area contributed by atoms with Gasteiger partial charge in [0, 0.05) is 65.8 Å². The second kappa shape index (κ2) is 25.4. The SMILES string of the molecule is c1ccc(-n2c3ccc(-c4ccc(-n5c6ccccc6c6ccccc65)cc4)cc3c3ccc(-c4ccc5c6ccccc6c6ccccc6c5c4)cc32)cc1.c1ccc(-n2c3ccccc3c3cc(-c4ccc(-n5c6ccccc6c6cc(-c7ccc8c9ccccc9c9ccccc9c8c7)ccc65)cc4)ccc32)cc1. The fourth-order valence-corrected chi connectivity index (χ4v) is 18.7. The molecule has 0 aliphatic rings. The highest BCUT2D eigenvalue weighted by atomic mass is 15.0. The molecule has 4 aromatic heterocycles. The molecule has 0 radical (unpaired) electrons. The lowest BCUT2D eigenvalue weighted by Crippen LogP contribution is -1.94. The summed E-state index contributed by atoms with van der Waals surface area (Å²) in [6.07, 6.45) is 0. The maximum atomic E-state index is 2.42. The molecule has 0 aliphatic heterocycles. The predicted molar refractivity (Wildman–Crippen MR) is 477 cm³/mol. The zero-order valence-corrected chi connectivity index (χ0v) is 61.0. The average molecular weight is 1420 g/mol. The Morgan fingerprint density at radius 1 is 0.0982 bits per heavy atom. The number of nitrogens with zero attached hydrogens (tertiary/aromatic N) is 4. The second-order valence-electron chi connectivity index (χ2n) is 29.8. The predicted octanol–water partition coefficient (Wildman–Crippen LogP) is 29.3. The van der Waals surface area contributed by atoms with Gasteiger partial charge in [-0.05, 0) is 237 Å². The number of para-hydroxylation sites is 6. The minimum atomic E-state index is 1.15. The van der Waals surface area contributed by atoms with Gasteiger partial charge in [-0.1, -0.05) is 285 Å². The lowest BCUT2D eigenvalue weighted by molar-refractivity contribution is 1.18. The van der Waals surface area contributed by atoms with E-state index in [9.17, 15) is 0 Å². The Morgan fingerprint density at radius 2 is 0.286 bits per heavy atom. The summed E-state index contributed by atoms with van der Waals surface area (Å²) >= 11 is 0. The van der Waals surface area contributed by atoms with Gasteiger partial charge in [-0.15, -0.1) is 0 Å². The van der Waals surface area contributed by atoms with E-state index in [1.807, 2.05) is 0 Å². The van der Waals surface area contributed by atoms with Crippen molar-refractivity contribution in [2.45, 2.75) is 0 Å². The lowest BCUT2D eigenvalue weighted by Gasteiger charge is -2.12. The largest absolute Gasteiger partial charge is 0.309 e. The first-order valence-corrected chi connectivity index (χ1v) is 38.7. The van der Waals surface area contributed by atoms with Crippen LogP contribution >= 0.6 is 0 Å². The van der Waals surface area contributed by atoms with Crippen LogP contribution in [0, 0.1) is 0 Å². The summed E-state index contributed by atoms with van der Waals surface area (Å²) in [5.41, 5.74) is 24.0. The van der Waals surface area contributed by atoms with Crippen molar-refractivity contribution in [1.82, 2.24) is 18.3 Å². The highest BCUT2D eigenvalue weighted by molar-refractivity contribution is 6.28. The van der Waals surface area contributed by atoms with Gasteiger partial charge in [0.05, 0.1) is 44.1 Å². The molecule has 20 aromatic carbocycles. The minimum absolute atomic E-state index is 1.15. The van der Waals surface area contributed by atoms with Crippen LogP contribution in [0.3, 0.4) is 0 Å². The van der Waals surface area contributed by atoms with Crippen molar-refractivity contribution in [2.75, 3.05) is 0 Å². The number of hydrogen-bond acceptors (Lipinski definition) is 0. The van der Waals surface area contributed by atoms with Gasteiger partial charge in [-0.2, -0.15) is 0 Å². The monoisotopic (exact) mass is 1420 g/mol. The van der Waals surface area contributed by atoms with Crippen LogP contribution in [0.25, 0.3) is 219 Å². The molecule has 0 atom stereocenters. The van der Waals surface area contributed by atoms with Crippen LogP contribution in [0.4, 0.5) is 0 Å². The Morgan fingerprint density at radius 3 is 0.616 bits per heavy atom. The van der Waals surface area contributed by atoms with E-state index in [1.165, 1.54) is 202 Å². The average Bonchev–Trinajstić information content (AvgIpc) is 1.70. The van der Waals surface area contributed by atoms with Crippen LogP contribution in [0.5, 0.6) is 0 Å². The number of aromatic nitrogens is 4. The standard InChI is InChI=1S/2C54H34N2/c1-2-12-39(13-3-1)56-53-31-26-36(35-22-27-40(28-23-35)55-51-20-10-8-18-46(51)47-19-9-11-21-52(47)55)33-50(53)48-30-25-38(34-54(48)56)37-24-29-45-43-16-5-4-14-41(43)42-15-6-7-17-44(42)49(45)32-37;1-2-12-39(13-3-1)55-51-20-10-8-18-46(51)49-33-36(25-30-53(49)55)35-22-27-40(28-23-35)56-52-21-11-9-19-47(52)50-34-38(26-31-54(50)56)37-24-29-45-43-16-5-4-14-41(43)42-15-6-7-17-44(42)48(45)32-37/h2*1-34H. The van der Waals surface area contributed by atoms with Crippen LogP contribution in [-0.2, 0) is 0 Å². The molecule has 0 saturated carbocycles. The molecule has 112 heavy (non-hydrogen) atoms. The van der Waals surface area contributed by atoms with Crippen molar-refractivity contribution in [3.8, 4) is 67.3 Å². The molecule has 24 aromatic rings. The van der Waals surface area contributed by atoms with Gasteiger partial charge < -0.3 is 18.3 Å². The van der Waals surface area contributed by atoms with Crippen molar-refractivity contribution in [3.63, 3.8) is 0 Å². The fourth-order valence-electron chi connectivity index (χ4n) is 18.7. The quantitative estimate of drug-likeness (QED) is 0.135. The first-order chi connectivity index (χ1) is 55.6. The highest BCUT2D eigenvalue weighted by Crippen LogP contribution is 2.45. The summed E-state index contributed by atoms with van der Waals surface area (Å²) in [6, 6.07) is 151. The number of benzene rings is 20. The Balaban J connectivity index is 0.000000134. The molecule has 4 nitrogen and oxygen atoms in total. The topological polar surface area (TPSA) is 19.7 Å². The van der Waals surface area contributed by atoms with Crippen LogP contribution in [0.2, 0.25) is 0 Å². The van der Waals surface area contributed by atoms with Crippen molar-refractivity contribution in [1.29, 1.82) is 0 Å². The molecule has 4 heteroatoms. The van der Waals surface area contributed by atoms with Crippen molar-refractivity contribution >= 4 is 152 Å². The molecule has 0 aliphatic carbocycles. The van der Waals surface area contributed by atoms with Crippen molar-refractivity contribution in [3.05, 3.63) is 413 Å². The number of hydrogen-bond donors (Lipinski definition) is 0. The summed E-state index contributed by atoms with van der Waals surface area (Å²) in [5, 5.41) is 25.6. The molecule has 4 heterocycles. The molecular weight excluding hydrogens is 1350 g/mol. The third-order valence-corrected chi connectivity index (χ3v) is 23.8. The van der Waals surface area contributed by atoms with Gasteiger partial charge in [0.15, 0.2) is 0 Å². The molecule has 0 N–H and O–H groups in total. The van der Waals surface area contributed by atoms with E-state index in [2.05, 4.69) is 431 Å². The van der Waals surface area contributed by atoms with Gasteiger partial charge in [-0.3, -0.25) is 0 Å². The normalized spacial score (nSPS) is 11.9. The summed E-state index contributed by atoms with van der Waals surface area (Å²) in [5.74, 6) is 0. The smallest absolute Gasteiger partial charge is 0.0547 e. The van der Waals surface area contributed by atoms with E-state index in [1.54, 1.807) is 0 Å². The molecule has 0 saturated heterocycles. The molecule has 0 spiro atoms. The molecule has 0 amide bonds. The van der Waals surface area contributed by atoms with Crippen LogP contribution in [0.15, 0.2) is 413 Å². The maximum Gasteiger partial charge on any atom is 0.0547 e. The first-order valence-electron chi connectivity index (χ1n) is 38.7. The molecule has 0 unspecified atom stereocenters. The fraction of sp³-hybridized carbons (Fsp3) is 0. The van der Waals surface area contributed by atoms with Gasteiger partial charge in [0.2, 0.25) is 0 Å². The van der Waals surface area contributed by atoms with E-state index < -0.39 is 0 Å². The van der Waals surface area contributed by atoms with Crippen LogP contribution < -0.4 is 0 Å². The van der Waals surface area contributed by atoms with E-state index in [0.717, 1.165) is 17.1 Å². The minimum Gasteiger partial charge on any atom is -0.309 e. The highest BCUT2D eigenvalue weighted by Gasteiger charge is 2.21. The number of fused-ring (bicyclic) bond motifs is 24. The van der Waals surface area contributed by atoms with E-state index in [4.69, 9.17) is 0 Å². The van der Waals surface area contributed by atoms with Crippen LogP contribution in [0.1, 0.15) is 0 Å². The molecule has 24 rings (SSSR count). The lowest BCUT2D eigenvalue weighted by atomic mass is 9.92. The number of rotatable bonds is 8. The summed E-state index contributed by atoms with van der Waals surface area (Å²) in [4.78, 5) is 0. The maximum absolute atomic E-state index is 2.42.